The van der Waals surface area contributed by atoms with Crippen molar-refractivity contribution < 1.29 is 4.79 Å². The van der Waals surface area contributed by atoms with Crippen LogP contribution in [0.5, 0.6) is 0 Å². The second-order valence-corrected chi connectivity index (χ2v) is 5.32. The van der Waals surface area contributed by atoms with E-state index in [0.29, 0.717) is 0 Å². The van der Waals surface area contributed by atoms with Crippen LogP contribution in [-0.2, 0) is 4.79 Å². The van der Waals surface area contributed by atoms with Crippen molar-refractivity contribution in [2.24, 2.45) is 5.92 Å². The number of hydrogen-bond acceptors (Lipinski definition) is 3. The molecule has 0 aromatic heterocycles. The van der Waals surface area contributed by atoms with Gasteiger partial charge in [0.05, 0.1) is 0 Å². The minimum absolute atomic E-state index is 0.0411. The third-order valence-corrected chi connectivity index (χ3v) is 3.95. The molecule has 18 heavy (non-hydrogen) atoms. The third kappa shape index (κ3) is 1.77. The predicted molar refractivity (Wildman–Crippen MR) is 72.9 cm³/mol. The van der Waals surface area contributed by atoms with Crippen molar-refractivity contribution in [1.29, 1.82) is 0 Å². The summed E-state index contributed by atoms with van der Waals surface area (Å²) in [5, 5.41) is 5.99. The quantitative estimate of drug-likeness (QED) is 0.834. The molecule has 2 unspecified atom stereocenters. The molecule has 0 saturated carbocycles. The standard InChI is InChI=1S/C14H19N3O/c1-9-5-6-17(8-9)10-3-4-11-12(7-10)16-14(18)13(11)15-2/h3-4,7,9,13,15H,5-6,8H2,1-2H3,(H,16,18). The zero-order valence-corrected chi connectivity index (χ0v) is 10.9. The van der Waals surface area contributed by atoms with Gasteiger partial charge in [0.1, 0.15) is 6.04 Å². The van der Waals surface area contributed by atoms with E-state index < -0.39 is 0 Å². The highest BCUT2D eigenvalue weighted by atomic mass is 16.2. The monoisotopic (exact) mass is 245 g/mol. The molecule has 1 aromatic rings. The van der Waals surface area contributed by atoms with Crippen molar-refractivity contribution in [3.63, 3.8) is 0 Å². The lowest BCUT2D eigenvalue weighted by molar-refractivity contribution is -0.117. The smallest absolute Gasteiger partial charge is 0.246 e. The second kappa shape index (κ2) is 4.28. The number of carbonyl (C=O) groups excluding carboxylic acids is 1. The van der Waals surface area contributed by atoms with Crippen LogP contribution in [0.15, 0.2) is 18.2 Å². The van der Waals surface area contributed by atoms with Crippen LogP contribution in [0.4, 0.5) is 11.4 Å². The third-order valence-electron chi connectivity index (χ3n) is 3.95. The molecule has 1 saturated heterocycles. The maximum Gasteiger partial charge on any atom is 0.246 e. The molecule has 0 aliphatic carbocycles. The summed E-state index contributed by atoms with van der Waals surface area (Å²) in [5.74, 6) is 0.803. The number of carbonyl (C=O) groups is 1. The minimum atomic E-state index is -0.202. The van der Waals surface area contributed by atoms with Gasteiger partial charge in [-0.05, 0) is 31.5 Å². The molecular weight excluding hydrogens is 226 g/mol. The fourth-order valence-corrected chi connectivity index (χ4v) is 2.90. The van der Waals surface area contributed by atoms with Crippen molar-refractivity contribution >= 4 is 17.3 Å². The Labute approximate surface area is 107 Å². The summed E-state index contributed by atoms with van der Waals surface area (Å²) in [6.45, 7) is 4.51. The Morgan fingerprint density at radius 2 is 2.28 bits per heavy atom. The van der Waals surface area contributed by atoms with E-state index in [9.17, 15) is 4.79 Å². The molecular formula is C14H19N3O. The average Bonchev–Trinajstić information content (AvgIpc) is 2.90. The first-order chi connectivity index (χ1) is 8.69. The van der Waals surface area contributed by atoms with Crippen LogP contribution in [0.25, 0.3) is 0 Å². The van der Waals surface area contributed by atoms with E-state index in [1.54, 1.807) is 0 Å². The molecule has 0 spiro atoms. The molecule has 96 valence electrons. The first-order valence-corrected chi connectivity index (χ1v) is 6.56. The van der Waals surface area contributed by atoms with E-state index in [1.807, 2.05) is 7.05 Å². The summed E-state index contributed by atoms with van der Waals surface area (Å²) >= 11 is 0. The van der Waals surface area contributed by atoms with E-state index in [4.69, 9.17) is 0 Å². The molecule has 3 rings (SSSR count). The predicted octanol–water partition coefficient (Wildman–Crippen LogP) is 1.75. The number of rotatable bonds is 2. The van der Waals surface area contributed by atoms with Crippen LogP contribution in [0, 0.1) is 5.92 Å². The van der Waals surface area contributed by atoms with Gasteiger partial charge in [-0.1, -0.05) is 13.0 Å². The highest BCUT2D eigenvalue weighted by Gasteiger charge is 2.30. The number of amides is 1. The van der Waals surface area contributed by atoms with Crippen molar-refractivity contribution in [1.82, 2.24) is 5.32 Å². The van der Waals surface area contributed by atoms with Gasteiger partial charge in [0.15, 0.2) is 0 Å². The molecule has 0 bridgehead atoms. The Hall–Kier alpha value is -1.55. The number of likely N-dealkylation sites (N-methyl/N-ethyl adjacent to an activating group) is 1. The molecule has 2 aliphatic rings. The summed E-state index contributed by atoms with van der Waals surface area (Å²) in [6, 6.07) is 6.09. The normalized spacial score (nSPS) is 26.3. The van der Waals surface area contributed by atoms with Gasteiger partial charge in [0.25, 0.3) is 0 Å². The zero-order chi connectivity index (χ0) is 12.7. The average molecular weight is 245 g/mol. The maximum atomic E-state index is 11.8. The number of anilines is 2. The molecule has 1 fully saturated rings. The van der Waals surface area contributed by atoms with Gasteiger partial charge in [0.2, 0.25) is 5.91 Å². The molecule has 2 heterocycles. The highest BCUT2D eigenvalue weighted by Crippen LogP contribution is 2.35. The molecule has 2 N–H and O–H groups in total. The Bertz CT molecular complexity index is 486. The van der Waals surface area contributed by atoms with E-state index in [2.05, 4.69) is 40.7 Å². The molecule has 4 nitrogen and oxygen atoms in total. The first-order valence-electron chi connectivity index (χ1n) is 6.56. The van der Waals surface area contributed by atoms with Crippen LogP contribution in [0.3, 0.4) is 0 Å². The summed E-state index contributed by atoms with van der Waals surface area (Å²) in [4.78, 5) is 14.2. The number of nitrogens with one attached hydrogen (secondary N) is 2. The van der Waals surface area contributed by atoms with E-state index in [-0.39, 0.29) is 11.9 Å². The Morgan fingerprint density at radius 3 is 2.94 bits per heavy atom. The minimum Gasteiger partial charge on any atom is -0.371 e. The molecule has 2 aliphatic heterocycles. The molecule has 4 heteroatoms. The highest BCUT2D eigenvalue weighted by molar-refractivity contribution is 6.03. The van der Waals surface area contributed by atoms with Crippen LogP contribution < -0.4 is 15.5 Å². The second-order valence-electron chi connectivity index (χ2n) is 5.32. The SMILES string of the molecule is CNC1C(=O)Nc2cc(N3CCC(C)C3)ccc21. The van der Waals surface area contributed by atoms with E-state index >= 15 is 0 Å². The lowest BCUT2D eigenvalue weighted by atomic mass is 10.1. The maximum absolute atomic E-state index is 11.8. The lowest BCUT2D eigenvalue weighted by Gasteiger charge is -2.19. The Balaban J connectivity index is 1.89. The zero-order valence-electron chi connectivity index (χ0n) is 10.9. The van der Waals surface area contributed by atoms with Crippen molar-refractivity contribution in [2.75, 3.05) is 30.4 Å². The number of nitrogens with zero attached hydrogens (tertiary/aromatic N) is 1. The molecule has 2 atom stereocenters. The van der Waals surface area contributed by atoms with Gasteiger partial charge >= 0.3 is 0 Å². The fourth-order valence-electron chi connectivity index (χ4n) is 2.90. The fraction of sp³-hybridized carbons (Fsp3) is 0.500. The Morgan fingerprint density at radius 1 is 1.44 bits per heavy atom. The van der Waals surface area contributed by atoms with Gasteiger partial charge in [-0.15, -0.1) is 0 Å². The van der Waals surface area contributed by atoms with Gasteiger partial charge in [-0.3, -0.25) is 4.79 Å². The van der Waals surface area contributed by atoms with Crippen LogP contribution >= 0.6 is 0 Å². The topological polar surface area (TPSA) is 44.4 Å². The summed E-state index contributed by atoms with van der Waals surface area (Å²) < 4.78 is 0. The lowest BCUT2D eigenvalue weighted by Crippen LogP contribution is -2.23. The Kier molecular flexibility index (Phi) is 2.74. The summed E-state index contributed by atoms with van der Waals surface area (Å²) in [5.41, 5.74) is 3.23. The van der Waals surface area contributed by atoms with Crippen LogP contribution in [0.1, 0.15) is 24.9 Å². The number of fused-ring (bicyclic) bond motifs is 1. The molecule has 0 radical (unpaired) electrons. The molecule has 1 amide bonds. The van der Waals surface area contributed by atoms with Gasteiger partial charge in [0, 0.05) is 30.0 Å². The number of hydrogen-bond donors (Lipinski definition) is 2. The summed E-state index contributed by atoms with van der Waals surface area (Å²) in [6.07, 6.45) is 1.25. The van der Waals surface area contributed by atoms with Crippen LogP contribution in [-0.4, -0.2) is 26.0 Å². The van der Waals surface area contributed by atoms with Gasteiger partial charge in [-0.2, -0.15) is 0 Å². The van der Waals surface area contributed by atoms with Gasteiger partial charge < -0.3 is 15.5 Å². The number of benzene rings is 1. The van der Waals surface area contributed by atoms with Crippen molar-refractivity contribution in [3.8, 4) is 0 Å². The summed E-state index contributed by atoms with van der Waals surface area (Å²) in [7, 11) is 1.81. The molecule has 1 aromatic carbocycles. The van der Waals surface area contributed by atoms with E-state index in [0.717, 1.165) is 30.3 Å². The van der Waals surface area contributed by atoms with Crippen molar-refractivity contribution in [3.05, 3.63) is 23.8 Å². The first kappa shape index (κ1) is 11.5. The largest absolute Gasteiger partial charge is 0.371 e. The van der Waals surface area contributed by atoms with Crippen LogP contribution in [0.2, 0.25) is 0 Å². The van der Waals surface area contributed by atoms with Crippen molar-refractivity contribution in [2.45, 2.75) is 19.4 Å². The van der Waals surface area contributed by atoms with E-state index in [1.165, 1.54) is 12.1 Å². The van der Waals surface area contributed by atoms with Gasteiger partial charge in [-0.25, -0.2) is 0 Å².